The third-order valence-electron chi connectivity index (χ3n) is 0. The minimum atomic E-state index is -10.7. The zero-order valence-corrected chi connectivity index (χ0v) is 12.6. The monoisotopic (exact) mass is 440 g/mol. The van der Waals surface area contributed by atoms with Gasteiger partial charge in [-0.2, -0.15) is 0 Å². The normalized spacial score (nSPS) is 19.6. The van der Waals surface area contributed by atoms with Crippen molar-refractivity contribution in [1.82, 2.24) is 0 Å². The van der Waals surface area contributed by atoms with Crippen molar-refractivity contribution in [2.75, 3.05) is 0 Å². The Hall–Kier alpha value is 0.819. The Morgan fingerprint density at radius 1 is 0.471 bits per heavy atom. The third kappa shape index (κ3) is 5510. The zero-order chi connectivity index (χ0) is 15.5. The van der Waals surface area contributed by atoms with Gasteiger partial charge >= 0.3 is 97.0 Å². The molecule has 0 heterocycles. The summed E-state index contributed by atoms with van der Waals surface area (Å²) >= 11 is 0.230. The number of halogens is 12. The van der Waals surface area contributed by atoms with Crippen LogP contribution in [-0.4, -0.2) is 21.1 Å². The molecule has 0 amide bonds. The van der Waals surface area contributed by atoms with Crippen LogP contribution >= 0.6 is 15.6 Å². The molecule has 17 heavy (non-hydrogen) atoms. The van der Waals surface area contributed by atoms with Gasteiger partial charge in [-0.05, 0) is 0 Å². The van der Waals surface area contributed by atoms with Gasteiger partial charge in [-0.1, -0.05) is 0 Å². The second-order valence-corrected chi connectivity index (χ2v) is 9.10. The van der Waals surface area contributed by atoms with E-state index >= 15 is 0 Å². The summed E-state index contributed by atoms with van der Waals surface area (Å²) in [4.78, 5) is 4.59. The second-order valence-electron chi connectivity index (χ2n) is 2.42. The molecule has 0 aliphatic rings. The molecule has 0 aromatic heterocycles. The maximum absolute atomic E-state index is 10.7. The van der Waals surface area contributed by atoms with Crippen molar-refractivity contribution in [2.24, 2.45) is 0 Å². The van der Waals surface area contributed by atoms with Crippen molar-refractivity contribution in [1.29, 1.82) is 0 Å². The zero-order valence-electron chi connectivity index (χ0n) is 7.93. The SMILES string of the molecule is F[P-](F)(F)(F)(F)F.F[P-](F)(F)(F)(F)F.[CH3][Sn+2][CH3]. The van der Waals surface area contributed by atoms with Crippen LogP contribution in [0.1, 0.15) is 0 Å². The van der Waals surface area contributed by atoms with Gasteiger partial charge in [-0.15, -0.1) is 0 Å². The molecule has 0 rings (SSSR count). The van der Waals surface area contributed by atoms with Gasteiger partial charge < -0.3 is 0 Å². The van der Waals surface area contributed by atoms with Crippen molar-refractivity contribution in [2.45, 2.75) is 9.88 Å². The van der Waals surface area contributed by atoms with Crippen LogP contribution < -0.4 is 0 Å². The summed E-state index contributed by atoms with van der Waals surface area (Å²) in [7, 11) is -21.3. The predicted molar refractivity (Wildman–Crippen MR) is 44.6 cm³/mol. The van der Waals surface area contributed by atoms with Crippen LogP contribution in [0.25, 0.3) is 0 Å². The van der Waals surface area contributed by atoms with E-state index in [2.05, 4.69) is 9.88 Å². The standard InChI is InChI=1S/2CH3.2F6P.Sn/c;;2*1-7(2,3,4,5)6;/h2*1H3;;;/q;;2*-1;+2. The summed E-state index contributed by atoms with van der Waals surface area (Å²) in [5.41, 5.74) is 0. The van der Waals surface area contributed by atoms with Crippen molar-refractivity contribution >= 4 is 36.8 Å². The van der Waals surface area contributed by atoms with E-state index in [1.165, 1.54) is 0 Å². The van der Waals surface area contributed by atoms with Crippen LogP contribution in [0.4, 0.5) is 50.4 Å². The van der Waals surface area contributed by atoms with E-state index in [1.54, 1.807) is 0 Å². The molecule has 112 valence electrons. The van der Waals surface area contributed by atoms with Gasteiger partial charge in [0.25, 0.3) is 0 Å². The Morgan fingerprint density at radius 3 is 0.471 bits per heavy atom. The molecular weight excluding hydrogens is 433 g/mol. The van der Waals surface area contributed by atoms with Gasteiger partial charge in [0.15, 0.2) is 0 Å². The van der Waals surface area contributed by atoms with Crippen molar-refractivity contribution in [3.63, 3.8) is 0 Å². The number of rotatable bonds is 0. The summed E-state index contributed by atoms with van der Waals surface area (Å²) in [6.45, 7) is 0. The number of hydrogen-bond donors (Lipinski definition) is 0. The molecule has 0 spiro atoms. The molecular formula is C2H6F12P2Sn. The summed E-state index contributed by atoms with van der Waals surface area (Å²) in [5.74, 6) is 0. The Kier molecular flexibility index (Phi) is 5.61. The fraction of sp³-hybridized carbons (Fsp3) is 1.00. The van der Waals surface area contributed by atoms with Crippen LogP contribution in [0.2, 0.25) is 9.88 Å². The predicted octanol–water partition coefficient (Wildman–Crippen LogP) is 7.55. The van der Waals surface area contributed by atoms with Crippen molar-refractivity contribution in [3.05, 3.63) is 0 Å². The van der Waals surface area contributed by atoms with E-state index in [-0.39, 0.29) is 21.1 Å². The van der Waals surface area contributed by atoms with Gasteiger partial charge in [0, 0.05) is 0 Å². The molecule has 0 unspecified atom stereocenters. The van der Waals surface area contributed by atoms with E-state index in [0.29, 0.717) is 0 Å². The molecule has 0 fully saturated rings. The molecule has 0 radical (unpaired) electrons. The van der Waals surface area contributed by atoms with E-state index in [0.717, 1.165) is 0 Å². The van der Waals surface area contributed by atoms with Crippen LogP contribution in [0.5, 0.6) is 0 Å². The van der Waals surface area contributed by atoms with Gasteiger partial charge in [-0.25, -0.2) is 0 Å². The van der Waals surface area contributed by atoms with Crippen LogP contribution in [-0.2, 0) is 0 Å². The summed E-state index contributed by atoms with van der Waals surface area (Å²) in [6, 6.07) is 0. The fourth-order valence-corrected chi connectivity index (χ4v) is 0. The first-order valence-corrected chi connectivity index (χ1v) is 12.8. The molecule has 0 saturated carbocycles. The van der Waals surface area contributed by atoms with Gasteiger partial charge in [0.2, 0.25) is 0 Å². The molecule has 0 aliphatic heterocycles. The van der Waals surface area contributed by atoms with Gasteiger partial charge in [0.05, 0.1) is 0 Å². The van der Waals surface area contributed by atoms with E-state index in [4.69, 9.17) is 0 Å². The Bertz CT molecular complexity index is 182. The summed E-state index contributed by atoms with van der Waals surface area (Å²) in [5, 5.41) is 0. The summed E-state index contributed by atoms with van der Waals surface area (Å²) < 4.78 is 118. The molecule has 0 atom stereocenters. The van der Waals surface area contributed by atoms with E-state index < -0.39 is 15.6 Å². The Balaban J connectivity index is -0.000000188. The van der Waals surface area contributed by atoms with Crippen molar-refractivity contribution < 1.29 is 50.4 Å². The molecule has 0 nitrogen and oxygen atoms in total. The minimum absolute atomic E-state index is 0.230. The quantitative estimate of drug-likeness (QED) is 0.208. The molecule has 0 aromatic carbocycles. The molecule has 0 aromatic rings. The van der Waals surface area contributed by atoms with Crippen molar-refractivity contribution in [3.8, 4) is 0 Å². The third-order valence-corrected chi connectivity index (χ3v) is 0. The maximum atomic E-state index is 9.87. The number of hydrogen-bond acceptors (Lipinski definition) is 0. The second kappa shape index (κ2) is 4.16. The van der Waals surface area contributed by atoms with E-state index in [1.807, 2.05) is 0 Å². The Morgan fingerprint density at radius 2 is 0.471 bits per heavy atom. The van der Waals surface area contributed by atoms with Gasteiger partial charge in [-0.3, -0.25) is 0 Å². The fourth-order valence-electron chi connectivity index (χ4n) is 0. The molecule has 15 heteroatoms. The first-order valence-electron chi connectivity index (χ1n) is 3.03. The average Bonchev–Trinajstić information content (AvgIpc) is 1.40. The molecule has 0 saturated heterocycles. The first-order chi connectivity index (χ1) is 6.31. The van der Waals surface area contributed by atoms with E-state index in [9.17, 15) is 50.4 Å². The van der Waals surface area contributed by atoms with Crippen LogP contribution in [0, 0.1) is 0 Å². The molecule has 0 bridgehead atoms. The van der Waals surface area contributed by atoms with Crippen LogP contribution in [0.15, 0.2) is 0 Å². The molecule has 0 aliphatic carbocycles. The Labute approximate surface area is 97.4 Å². The molecule has 0 N–H and O–H groups in total. The van der Waals surface area contributed by atoms with Gasteiger partial charge in [0.1, 0.15) is 0 Å². The average molecular weight is 439 g/mol. The summed E-state index contributed by atoms with van der Waals surface area (Å²) in [6.07, 6.45) is 0. The first kappa shape index (κ1) is 23.0. The topological polar surface area (TPSA) is 0 Å². The van der Waals surface area contributed by atoms with Crippen LogP contribution in [0.3, 0.4) is 0 Å².